The zero-order valence-electron chi connectivity index (χ0n) is 12.0. The molecule has 1 amide bonds. The normalized spacial score (nSPS) is 11.0. The maximum Gasteiger partial charge on any atom is 0.248 e. The average molecular weight is 343 g/mol. The summed E-state index contributed by atoms with van der Waals surface area (Å²) >= 11 is 11.8. The quantitative estimate of drug-likeness (QED) is 0.665. The molecule has 5 heteroatoms. The van der Waals surface area contributed by atoms with Gasteiger partial charge in [0.05, 0.1) is 11.2 Å². The standard InChI is InChI=1S/C18H12Cl2N2O/c19-13-4-1-12(2-5-13)3-8-18(23)22-16-9-10-21-17-11-14(20)6-7-15(16)17/h1-11H,(H,21,22,23)/b8-3+. The number of anilines is 1. The van der Waals surface area contributed by atoms with E-state index in [4.69, 9.17) is 23.2 Å². The molecular weight excluding hydrogens is 331 g/mol. The summed E-state index contributed by atoms with van der Waals surface area (Å²) < 4.78 is 0. The van der Waals surface area contributed by atoms with Crippen LogP contribution in [0.5, 0.6) is 0 Å². The Morgan fingerprint density at radius 1 is 1.00 bits per heavy atom. The van der Waals surface area contributed by atoms with Gasteiger partial charge in [-0.25, -0.2) is 0 Å². The Morgan fingerprint density at radius 3 is 2.52 bits per heavy atom. The molecule has 0 unspecified atom stereocenters. The van der Waals surface area contributed by atoms with Crippen LogP contribution in [0.2, 0.25) is 10.0 Å². The van der Waals surface area contributed by atoms with Crippen molar-refractivity contribution in [3.63, 3.8) is 0 Å². The van der Waals surface area contributed by atoms with Crippen LogP contribution in [0, 0.1) is 0 Å². The van der Waals surface area contributed by atoms with Crippen LogP contribution in [0.25, 0.3) is 17.0 Å². The van der Waals surface area contributed by atoms with Crippen molar-refractivity contribution >= 4 is 51.8 Å². The lowest BCUT2D eigenvalue weighted by Gasteiger charge is -2.06. The predicted octanol–water partition coefficient (Wildman–Crippen LogP) is 5.19. The number of aromatic nitrogens is 1. The monoisotopic (exact) mass is 342 g/mol. The summed E-state index contributed by atoms with van der Waals surface area (Å²) in [7, 11) is 0. The van der Waals surface area contributed by atoms with Crippen LogP contribution < -0.4 is 5.32 Å². The molecular formula is C18H12Cl2N2O. The lowest BCUT2D eigenvalue weighted by molar-refractivity contribution is -0.111. The van der Waals surface area contributed by atoms with E-state index < -0.39 is 0 Å². The fourth-order valence-electron chi connectivity index (χ4n) is 2.15. The SMILES string of the molecule is O=C(/C=C/c1ccc(Cl)cc1)Nc1ccnc2cc(Cl)ccc12. The molecule has 0 bridgehead atoms. The molecule has 0 fully saturated rings. The van der Waals surface area contributed by atoms with Crippen LogP contribution >= 0.6 is 23.2 Å². The Kier molecular flexibility index (Phi) is 4.60. The number of nitrogens with zero attached hydrogens (tertiary/aromatic N) is 1. The highest BCUT2D eigenvalue weighted by molar-refractivity contribution is 6.31. The Morgan fingerprint density at radius 2 is 1.74 bits per heavy atom. The number of nitrogens with one attached hydrogen (secondary N) is 1. The summed E-state index contributed by atoms with van der Waals surface area (Å²) in [5, 5.41) is 4.96. The third kappa shape index (κ3) is 3.89. The summed E-state index contributed by atoms with van der Waals surface area (Å²) in [6, 6.07) is 14.4. The lowest BCUT2D eigenvalue weighted by Crippen LogP contribution is -2.08. The summed E-state index contributed by atoms with van der Waals surface area (Å²) in [4.78, 5) is 16.3. The van der Waals surface area contributed by atoms with Gasteiger partial charge >= 0.3 is 0 Å². The van der Waals surface area contributed by atoms with Gasteiger partial charge in [0.1, 0.15) is 0 Å². The van der Waals surface area contributed by atoms with Gasteiger partial charge in [0.25, 0.3) is 0 Å². The average Bonchev–Trinajstić information content (AvgIpc) is 2.54. The minimum atomic E-state index is -0.220. The number of carbonyl (C=O) groups excluding carboxylic acids is 1. The molecule has 0 radical (unpaired) electrons. The van der Waals surface area contributed by atoms with Gasteiger partial charge in [0, 0.05) is 27.7 Å². The van der Waals surface area contributed by atoms with Gasteiger partial charge in [-0.15, -0.1) is 0 Å². The van der Waals surface area contributed by atoms with Gasteiger partial charge in [-0.3, -0.25) is 9.78 Å². The van der Waals surface area contributed by atoms with Crippen molar-refractivity contribution in [1.82, 2.24) is 4.98 Å². The minimum absolute atomic E-state index is 0.220. The number of benzene rings is 2. The molecule has 1 N–H and O–H groups in total. The largest absolute Gasteiger partial charge is 0.322 e. The second kappa shape index (κ2) is 6.82. The van der Waals surface area contributed by atoms with Crippen molar-refractivity contribution in [1.29, 1.82) is 0 Å². The van der Waals surface area contributed by atoms with Gasteiger partial charge in [-0.2, -0.15) is 0 Å². The van der Waals surface area contributed by atoms with Gasteiger partial charge in [-0.05, 0) is 48.0 Å². The van der Waals surface area contributed by atoms with Crippen LogP contribution in [-0.4, -0.2) is 10.9 Å². The first-order chi connectivity index (χ1) is 11.1. The molecule has 0 saturated carbocycles. The maximum absolute atomic E-state index is 12.1. The Hall–Kier alpha value is -2.36. The summed E-state index contributed by atoms with van der Waals surface area (Å²) in [6.45, 7) is 0. The molecule has 0 aliphatic heterocycles. The summed E-state index contributed by atoms with van der Waals surface area (Å²) in [6.07, 6.45) is 4.84. The minimum Gasteiger partial charge on any atom is -0.322 e. The molecule has 1 aromatic heterocycles. The second-order valence-electron chi connectivity index (χ2n) is 4.89. The van der Waals surface area contributed by atoms with Gasteiger partial charge in [-0.1, -0.05) is 35.3 Å². The lowest BCUT2D eigenvalue weighted by atomic mass is 10.2. The molecule has 23 heavy (non-hydrogen) atoms. The number of carbonyl (C=O) groups is 1. The van der Waals surface area contributed by atoms with Crippen molar-refractivity contribution < 1.29 is 4.79 Å². The van der Waals surface area contributed by atoms with Crippen molar-refractivity contribution in [3.05, 3.63) is 76.4 Å². The maximum atomic E-state index is 12.1. The van der Waals surface area contributed by atoms with Gasteiger partial charge < -0.3 is 5.32 Å². The number of pyridine rings is 1. The molecule has 0 aliphatic rings. The first-order valence-corrected chi connectivity index (χ1v) is 7.66. The number of halogens is 2. The van der Waals surface area contributed by atoms with Crippen molar-refractivity contribution in [2.75, 3.05) is 5.32 Å². The number of fused-ring (bicyclic) bond motifs is 1. The van der Waals surface area contributed by atoms with Crippen LogP contribution in [0.15, 0.2) is 60.8 Å². The van der Waals surface area contributed by atoms with E-state index in [1.54, 1.807) is 42.6 Å². The number of rotatable bonds is 3. The van der Waals surface area contributed by atoms with Crippen LogP contribution in [0.4, 0.5) is 5.69 Å². The zero-order valence-corrected chi connectivity index (χ0v) is 13.5. The molecule has 0 spiro atoms. The fourth-order valence-corrected chi connectivity index (χ4v) is 2.44. The number of hydrogen-bond donors (Lipinski definition) is 1. The summed E-state index contributed by atoms with van der Waals surface area (Å²) in [5.74, 6) is -0.220. The first-order valence-electron chi connectivity index (χ1n) is 6.91. The van der Waals surface area contributed by atoms with Crippen LogP contribution in [0.3, 0.4) is 0 Å². The predicted molar refractivity (Wildman–Crippen MR) is 95.9 cm³/mol. The third-order valence-electron chi connectivity index (χ3n) is 3.26. The highest BCUT2D eigenvalue weighted by Gasteiger charge is 2.05. The molecule has 3 aromatic rings. The highest BCUT2D eigenvalue weighted by atomic mass is 35.5. The molecule has 0 saturated heterocycles. The molecule has 2 aromatic carbocycles. The number of hydrogen-bond acceptors (Lipinski definition) is 2. The van der Waals surface area contributed by atoms with E-state index in [1.807, 2.05) is 18.2 Å². The molecule has 3 rings (SSSR count). The Bertz CT molecular complexity index is 889. The van der Waals surface area contributed by atoms with Gasteiger partial charge in [0.2, 0.25) is 5.91 Å². The molecule has 0 atom stereocenters. The summed E-state index contributed by atoms with van der Waals surface area (Å²) in [5.41, 5.74) is 2.32. The Balaban J connectivity index is 1.79. The first kappa shape index (κ1) is 15.5. The molecule has 1 heterocycles. The van der Waals surface area contributed by atoms with Crippen molar-refractivity contribution in [2.24, 2.45) is 0 Å². The Labute approximate surface area is 143 Å². The van der Waals surface area contributed by atoms with Gasteiger partial charge in [0.15, 0.2) is 0 Å². The van der Waals surface area contributed by atoms with Crippen LogP contribution in [-0.2, 0) is 4.79 Å². The van der Waals surface area contributed by atoms with E-state index in [-0.39, 0.29) is 5.91 Å². The van der Waals surface area contributed by atoms with E-state index in [1.165, 1.54) is 6.08 Å². The van der Waals surface area contributed by atoms with E-state index in [0.29, 0.717) is 15.7 Å². The van der Waals surface area contributed by atoms with Crippen LogP contribution in [0.1, 0.15) is 5.56 Å². The molecule has 0 aliphatic carbocycles. The fraction of sp³-hybridized carbons (Fsp3) is 0. The smallest absolute Gasteiger partial charge is 0.248 e. The van der Waals surface area contributed by atoms with Crippen molar-refractivity contribution in [3.8, 4) is 0 Å². The molecule has 114 valence electrons. The van der Waals surface area contributed by atoms with E-state index >= 15 is 0 Å². The molecule has 3 nitrogen and oxygen atoms in total. The number of amides is 1. The highest BCUT2D eigenvalue weighted by Crippen LogP contribution is 2.24. The van der Waals surface area contributed by atoms with Crippen molar-refractivity contribution in [2.45, 2.75) is 0 Å². The van der Waals surface area contributed by atoms with E-state index in [0.717, 1.165) is 16.5 Å². The van der Waals surface area contributed by atoms with E-state index in [9.17, 15) is 4.79 Å². The second-order valence-corrected chi connectivity index (χ2v) is 5.77. The third-order valence-corrected chi connectivity index (χ3v) is 3.75. The van der Waals surface area contributed by atoms with E-state index in [2.05, 4.69) is 10.3 Å². The topological polar surface area (TPSA) is 42.0 Å². The zero-order chi connectivity index (χ0) is 16.2.